The Labute approximate surface area is 111 Å². The van der Waals surface area contributed by atoms with E-state index in [1.54, 1.807) is 0 Å². The van der Waals surface area contributed by atoms with Gasteiger partial charge in [0.05, 0.1) is 0 Å². The van der Waals surface area contributed by atoms with Gasteiger partial charge in [0.15, 0.2) is 0 Å². The van der Waals surface area contributed by atoms with Crippen LogP contribution in [0, 0.1) is 27.7 Å². The quantitative estimate of drug-likeness (QED) is 0.636. The van der Waals surface area contributed by atoms with E-state index >= 15 is 0 Å². The Kier molecular flexibility index (Phi) is 5.38. The lowest BCUT2D eigenvalue weighted by atomic mass is 10.1. The monoisotopic (exact) mass is 238 g/mol. The molecule has 2 aromatic carbocycles. The van der Waals surface area contributed by atoms with Gasteiger partial charge in [0, 0.05) is 0 Å². The maximum Gasteiger partial charge on any atom is -0.0233 e. The van der Waals surface area contributed by atoms with E-state index in [0.29, 0.717) is 0 Å². The molecule has 0 saturated heterocycles. The minimum atomic E-state index is 1.22. The van der Waals surface area contributed by atoms with Crippen molar-refractivity contribution >= 4 is 6.08 Å². The van der Waals surface area contributed by atoms with E-state index < -0.39 is 0 Å². The zero-order chi connectivity index (χ0) is 13.5. The van der Waals surface area contributed by atoms with Crippen molar-refractivity contribution in [3.8, 4) is 0 Å². The Hall–Kier alpha value is -1.82. The van der Waals surface area contributed by atoms with Gasteiger partial charge in [0.2, 0.25) is 0 Å². The lowest BCUT2D eigenvalue weighted by Gasteiger charge is -2.00. The highest BCUT2D eigenvalue weighted by Gasteiger charge is 1.91. The molecule has 0 aromatic heterocycles. The van der Waals surface area contributed by atoms with Gasteiger partial charge in [0.1, 0.15) is 0 Å². The molecule has 0 heteroatoms. The van der Waals surface area contributed by atoms with Crippen molar-refractivity contribution in [1.82, 2.24) is 0 Å². The van der Waals surface area contributed by atoms with Crippen LogP contribution in [0.1, 0.15) is 27.8 Å². The Bertz CT molecular complexity index is 501. The molecule has 2 rings (SSSR count). The number of benzene rings is 2. The van der Waals surface area contributed by atoms with Crippen LogP contribution in [-0.2, 0) is 0 Å². The standard InChI is InChI=1S/C9H12.C9H10/c1-7-5-4-6-8(2)9(7)3;1-3-9-7-5-4-6-8(9)2/h4-6H,1-3H3;3-7H,1H2,2H3. The molecule has 0 radical (unpaired) electrons. The summed E-state index contributed by atoms with van der Waals surface area (Å²) in [6, 6.07) is 14.6. The zero-order valence-corrected chi connectivity index (χ0v) is 11.8. The Morgan fingerprint density at radius 2 is 1.22 bits per heavy atom. The Balaban J connectivity index is 0.000000180. The van der Waals surface area contributed by atoms with Gasteiger partial charge in [-0.1, -0.05) is 55.1 Å². The van der Waals surface area contributed by atoms with Crippen molar-refractivity contribution < 1.29 is 0 Å². The van der Waals surface area contributed by atoms with E-state index in [0.717, 1.165) is 0 Å². The fraction of sp³-hybridized carbons (Fsp3) is 0.222. The number of hydrogen-bond acceptors (Lipinski definition) is 0. The highest BCUT2D eigenvalue weighted by molar-refractivity contribution is 5.50. The van der Waals surface area contributed by atoms with E-state index in [2.05, 4.69) is 64.6 Å². The first kappa shape index (κ1) is 14.2. The predicted octanol–water partition coefficient (Wildman–Crippen LogP) is 5.25. The van der Waals surface area contributed by atoms with Crippen LogP contribution in [0.5, 0.6) is 0 Å². The first-order valence-electron chi connectivity index (χ1n) is 6.27. The van der Waals surface area contributed by atoms with Gasteiger partial charge in [-0.15, -0.1) is 0 Å². The summed E-state index contributed by atoms with van der Waals surface area (Å²) in [5.41, 5.74) is 6.69. The molecule has 0 unspecified atom stereocenters. The summed E-state index contributed by atoms with van der Waals surface area (Å²) in [5.74, 6) is 0. The third kappa shape index (κ3) is 3.89. The summed E-state index contributed by atoms with van der Waals surface area (Å²) < 4.78 is 0. The van der Waals surface area contributed by atoms with Crippen LogP contribution in [0.2, 0.25) is 0 Å². The normalized spacial score (nSPS) is 9.33. The molecule has 0 aliphatic rings. The van der Waals surface area contributed by atoms with Gasteiger partial charge in [-0.3, -0.25) is 0 Å². The number of aryl methyl sites for hydroxylation is 3. The molecule has 94 valence electrons. The molecular formula is C18H22. The fourth-order valence-corrected chi connectivity index (χ4v) is 1.71. The van der Waals surface area contributed by atoms with Crippen LogP contribution in [0.4, 0.5) is 0 Å². The third-order valence-electron chi connectivity index (χ3n) is 3.28. The van der Waals surface area contributed by atoms with Crippen LogP contribution in [0.15, 0.2) is 49.0 Å². The number of rotatable bonds is 1. The molecule has 0 bridgehead atoms. The second-order valence-electron chi connectivity index (χ2n) is 4.58. The molecule has 0 aliphatic heterocycles. The molecule has 0 amide bonds. The van der Waals surface area contributed by atoms with Crippen LogP contribution in [0.25, 0.3) is 6.08 Å². The molecule has 0 aliphatic carbocycles. The molecule has 0 heterocycles. The minimum absolute atomic E-state index is 1.22. The van der Waals surface area contributed by atoms with Gasteiger partial charge in [0.25, 0.3) is 0 Å². The van der Waals surface area contributed by atoms with Crippen molar-refractivity contribution in [3.63, 3.8) is 0 Å². The Morgan fingerprint density at radius 3 is 1.61 bits per heavy atom. The maximum atomic E-state index is 3.69. The molecule has 0 N–H and O–H groups in total. The molecule has 0 fully saturated rings. The zero-order valence-electron chi connectivity index (χ0n) is 11.8. The van der Waals surface area contributed by atoms with Gasteiger partial charge in [-0.2, -0.15) is 0 Å². The van der Waals surface area contributed by atoms with Gasteiger partial charge in [-0.25, -0.2) is 0 Å². The first-order valence-corrected chi connectivity index (χ1v) is 6.27. The van der Waals surface area contributed by atoms with E-state index in [4.69, 9.17) is 0 Å². The van der Waals surface area contributed by atoms with E-state index in [1.165, 1.54) is 27.8 Å². The van der Waals surface area contributed by atoms with Crippen LogP contribution in [0.3, 0.4) is 0 Å². The summed E-state index contributed by atoms with van der Waals surface area (Å²) in [7, 11) is 0. The predicted molar refractivity (Wildman–Crippen MR) is 81.9 cm³/mol. The Morgan fingerprint density at radius 1 is 0.722 bits per heavy atom. The van der Waals surface area contributed by atoms with Crippen LogP contribution < -0.4 is 0 Å². The second-order valence-corrected chi connectivity index (χ2v) is 4.58. The van der Waals surface area contributed by atoms with Crippen molar-refractivity contribution in [2.24, 2.45) is 0 Å². The van der Waals surface area contributed by atoms with Crippen molar-refractivity contribution in [2.45, 2.75) is 27.7 Å². The lowest BCUT2D eigenvalue weighted by Crippen LogP contribution is -1.82. The average Bonchev–Trinajstić information content (AvgIpc) is 2.37. The van der Waals surface area contributed by atoms with Crippen molar-refractivity contribution in [2.75, 3.05) is 0 Å². The summed E-state index contributed by atoms with van der Waals surface area (Å²) in [6.07, 6.45) is 1.87. The highest BCUT2D eigenvalue weighted by atomic mass is 14.0. The van der Waals surface area contributed by atoms with Gasteiger partial charge in [-0.05, 0) is 55.5 Å². The molecule has 0 nitrogen and oxygen atoms in total. The molecule has 0 saturated carbocycles. The summed E-state index contributed by atoms with van der Waals surface area (Å²) >= 11 is 0. The smallest absolute Gasteiger partial charge is 0.0233 e. The SMILES string of the molecule is C=Cc1ccccc1C.Cc1cccc(C)c1C. The number of hydrogen-bond donors (Lipinski definition) is 0. The van der Waals surface area contributed by atoms with Crippen molar-refractivity contribution in [1.29, 1.82) is 0 Å². The first-order chi connectivity index (χ1) is 8.56. The largest absolute Gasteiger partial charge is 0.0985 e. The van der Waals surface area contributed by atoms with Crippen LogP contribution in [-0.4, -0.2) is 0 Å². The molecule has 0 atom stereocenters. The molecular weight excluding hydrogens is 216 g/mol. The van der Waals surface area contributed by atoms with E-state index in [9.17, 15) is 0 Å². The maximum absolute atomic E-state index is 3.69. The third-order valence-corrected chi connectivity index (χ3v) is 3.28. The van der Waals surface area contributed by atoms with Crippen molar-refractivity contribution in [3.05, 3.63) is 76.9 Å². The summed E-state index contributed by atoms with van der Waals surface area (Å²) in [5, 5.41) is 0. The summed E-state index contributed by atoms with van der Waals surface area (Å²) in [4.78, 5) is 0. The van der Waals surface area contributed by atoms with E-state index in [-0.39, 0.29) is 0 Å². The average molecular weight is 238 g/mol. The lowest BCUT2D eigenvalue weighted by molar-refractivity contribution is 1.27. The molecule has 18 heavy (non-hydrogen) atoms. The molecule has 2 aromatic rings. The molecule has 0 spiro atoms. The summed E-state index contributed by atoms with van der Waals surface area (Å²) in [6.45, 7) is 12.2. The minimum Gasteiger partial charge on any atom is -0.0985 e. The topological polar surface area (TPSA) is 0 Å². The van der Waals surface area contributed by atoms with Crippen LogP contribution >= 0.6 is 0 Å². The highest BCUT2D eigenvalue weighted by Crippen LogP contribution is 2.10. The van der Waals surface area contributed by atoms with E-state index in [1.807, 2.05) is 18.2 Å². The second kappa shape index (κ2) is 6.80. The van der Waals surface area contributed by atoms with Gasteiger partial charge >= 0.3 is 0 Å². The van der Waals surface area contributed by atoms with Gasteiger partial charge < -0.3 is 0 Å². The fourth-order valence-electron chi connectivity index (χ4n) is 1.71.